The number of benzene rings is 2. The van der Waals surface area contributed by atoms with Crippen molar-refractivity contribution in [1.82, 2.24) is 10.3 Å². The minimum absolute atomic E-state index is 0.00307. The molecule has 2 aromatic carbocycles. The Morgan fingerprint density at radius 3 is 2.58 bits per heavy atom. The summed E-state index contributed by atoms with van der Waals surface area (Å²) in [7, 11) is 0. The molecular weight excluding hydrogens is 324 g/mol. The third kappa shape index (κ3) is 4.93. The fourth-order valence-electron chi connectivity index (χ4n) is 2.61. The highest BCUT2D eigenvalue weighted by molar-refractivity contribution is 5.79. The fraction of sp³-hybridized carbons (Fsp3) is 0.182. The van der Waals surface area contributed by atoms with Gasteiger partial charge in [0.2, 0.25) is 11.8 Å². The van der Waals surface area contributed by atoms with Gasteiger partial charge in [-0.2, -0.15) is 0 Å². The van der Waals surface area contributed by atoms with Gasteiger partial charge in [0.25, 0.3) is 0 Å². The van der Waals surface area contributed by atoms with E-state index in [9.17, 15) is 4.79 Å². The highest BCUT2D eigenvalue weighted by Crippen LogP contribution is 2.18. The molecule has 1 N–H and O–H groups in total. The maximum absolute atomic E-state index is 12.2. The molecule has 0 saturated carbocycles. The lowest BCUT2D eigenvalue weighted by atomic mass is 10.0. The Kier molecular flexibility index (Phi) is 5.64. The van der Waals surface area contributed by atoms with E-state index in [4.69, 9.17) is 4.74 Å². The number of nitrogens with one attached hydrogen (secondary N) is 1. The first-order valence-corrected chi connectivity index (χ1v) is 8.61. The first-order chi connectivity index (χ1) is 12.6. The molecule has 0 fully saturated rings. The number of aryl methyl sites for hydroxylation is 2. The van der Waals surface area contributed by atoms with Gasteiger partial charge in [-0.1, -0.05) is 48.0 Å². The van der Waals surface area contributed by atoms with Crippen molar-refractivity contribution >= 4 is 5.91 Å². The van der Waals surface area contributed by atoms with Gasteiger partial charge in [0.05, 0.1) is 6.42 Å². The molecule has 4 heteroatoms. The van der Waals surface area contributed by atoms with Crippen molar-refractivity contribution in [2.24, 2.45) is 0 Å². The Balaban J connectivity index is 1.53. The average Bonchev–Trinajstić information content (AvgIpc) is 2.65. The van der Waals surface area contributed by atoms with Crippen molar-refractivity contribution < 1.29 is 9.53 Å². The van der Waals surface area contributed by atoms with E-state index in [0.717, 1.165) is 28.0 Å². The van der Waals surface area contributed by atoms with Crippen molar-refractivity contribution in [3.05, 3.63) is 89.1 Å². The first-order valence-electron chi connectivity index (χ1n) is 8.61. The molecule has 26 heavy (non-hydrogen) atoms. The maximum atomic E-state index is 12.2. The molecule has 3 rings (SSSR count). The summed E-state index contributed by atoms with van der Waals surface area (Å²) in [5.74, 6) is 1.28. The van der Waals surface area contributed by atoms with E-state index < -0.39 is 0 Å². The quantitative estimate of drug-likeness (QED) is 0.722. The van der Waals surface area contributed by atoms with Crippen LogP contribution in [-0.2, 0) is 17.8 Å². The number of rotatable bonds is 6. The molecule has 0 aliphatic rings. The average molecular weight is 346 g/mol. The smallest absolute Gasteiger partial charge is 0.224 e. The van der Waals surface area contributed by atoms with Gasteiger partial charge in [0, 0.05) is 18.8 Å². The fourth-order valence-corrected chi connectivity index (χ4v) is 2.61. The van der Waals surface area contributed by atoms with Crippen LogP contribution in [0.25, 0.3) is 0 Å². The van der Waals surface area contributed by atoms with E-state index >= 15 is 0 Å². The van der Waals surface area contributed by atoms with Crippen LogP contribution in [0.4, 0.5) is 0 Å². The van der Waals surface area contributed by atoms with E-state index in [1.807, 2.05) is 56.3 Å². The third-order valence-electron chi connectivity index (χ3n) is 4.11. The number of pyridine rings is 1. The molecule has 4 nitrogen and oxygen atoms in total. The molecule has 0 spiro atoms. The van der Waals surface area contributed by atoms with Crippen LogP contribution in [0.5, 0.6) is 11.6 Å². The topological polar surface area (TPSA) is 51.2 Å². The summed E-state index contributed by atoms with van der Waals surface area (Å²) in [5, 5.41) is 2.94. The summed E-state index contributed by atoms with van der Waals surface area (Å²) >= 11 is 0. The van der Waals surface area contributed by atoms with Gasteiger partial charge in [-0.05, 0) is 42.7 Å². The zero-order chi connectivity index (χ0) is 18.4. The molecule has 132 valence electrons. The molecule has 0 aliphatic carbocycles. The van der Waals surface area contributed by atoms with Crippen LogP contribution in [0.2, 0.25) is 0 Å². The Bertz CT molecular complexity index is 874. The number of ether oxygens (including phenoxy) is 1. The van der Waals surface area contributed by atoms with E-state index in [-0.39, 0.29) is 5.91 Å². The zero-order valence-electron chi connectivity index (χ0n) is 15.0. The minimum atomic E-state index is 0.00307. The van der Waals surface area contributed by atoms with Crippen LogP contribution in [0.3, 0.4) is 0 Å². The zero-order valence-corrected chi connectivity index (χ0v) is 15.0. The van der Waals surface area contributed by atoms with E-state index in [0.29, 0.717) is 18.8 Å². The molecule has 1 heterocycles. The predicted octanol–water partition coefficient (Wildman–Crippen LogP) is 4.35. The second kappa shape index (κ2) is 8.30. The predicted molar refractivity (Wildman–Crippen MR) is 102 cm³/mol. The van der Waals surface area contributed by atoms with Crippen molar-refractivity contribution in [2.45, 2.75) is 26.8 Å². The second-order valence-corrected chi connectivity index (χ2v) is 6.30. The van der Waals surface area contributed by atoms with Crippen LogP contribution < -0.4 is 10.1 Å². The monoisotopic (exact) mass is 346 g/mol. The van der Waals surface area contributed by atoms with Crippen LogP contribution in [-0.4, -0.2) is 10.9 Å². The van der Waals surface area contributed by atoms with Gasteiger partial charge in [-0.3, -0.25) is 4.79 Å². The third-order valence-corrected chi connectivity index (χ3v) is 4.11. The van der Waals surface area contributed by atoms with E-state index in [1.54, 1.807) is 12.3 Å². The number of aromatic nitrogens is 1. The Hall–Kier alpha value is -3.14. The number of nitrogens with zero attached hydrogens (tertiary/aromatic N) is 1. The van der Waals surface area contributed by atoms with Gasteiger partial charge in [-0.15, -0.1) is 0 Å². The van der Waals surface area contributed by atoms with Crippen LogP contribution >= 0.6 is 0 Å². The molecule has 0 aliphatic heterocycles. The molecule has 0 unspecified atom stereocenters. The van der Waals surface area contributed by atoms with Gasteiger partial charge in [-0.25, -0.2) is 4.98 Å². The molecule has 0 radical (unpaired) electrons. The SMILES string of the molecule is Cc1ccc(C)c(CC(=O)NCc2ccc(Oc3ccccc3)nc2)c1. The van der Waals surface area contributed by atoms with Crippen molar-refractivity contribution in [1.29, 1.82) is 0 Å². The van der Waals surface area contributed by atoms with Crippen LogP contribution in [0.1, 0.15) is 22.3 Å². The van der Waals surface area contributed by atoms with E-state index in [2.05, 4.69) is 22.4 Å². The molecule has 0 atom stereocenters. The molecule has 1 amide bonds. The van der Waals surface area contributed by atoms with Gasteiger partial charge < -0.3 is 10.1 Å². The van der Waals surface area contributed by atoms with Gasteiger partial charge in [0.15, 0.2) is 0 Å². The van der Waals surface area contributed by atoms with Gasteiger partial charge in [0.1, 0.15) is 5.75 Å². The first kappa shape index (κ1) is 17.7. The molecule has 1 aromatic heterocycles. The molecule has 3 aromatic rings. The summed E-state index contributed by atoms with van der Waals surface area (Å²) in [6, 6.07) is 19.4. The highest BCUT2D eigenvalue weighted by atomic mass is 16.5. The molecular formula is C22H22N2O2. The number of hydrogen-bond donors (Lipinski definition) is 1. The standard InChI is InChI=1S/C22H22N2O2/c1-16-8-9-17(2)19(12-16)13-21(25)23-14-18-10-11-22(24-15-18)26-20-6-4-3-5-7-20/h3-12,15H,13-14H2,1-2H3,(H,23,25). The maximum Gasteiger partial charge on any atom is 0.224 e. The second-order valence-electron chi connectivity index (χ2n) is 6.30. The largest absolute Gasteiger partial charge is 0.439 e. The Morgan fingerprint density at radius 1 is 1.04 bits per heavy atom. The molecule has 0 bridgehead atoms. The number of hydrogen-bond acceptors (Lipinski definition) is 3. The van der Waals surface area contributed by atoms with Crippen LogP contribution in [0, 0.1) is 13.8 Å². The highest BCUT2D eigenvalue weighted by Gasteiger charge is 2.07. The lowest BCUT2D eigenvalue weighted by Gasteiger charge is -2.09. The van der Waals surface area contributed by atoms with E-state index in [1.165, 1.54) is 0 Å². The Morgan fingerprint density at radius 2 is 1.85 bits per heavy atom. The normalized spacial score (nSPS) is 10.4. The van der Waals surface area contributed by atoms with Crippen molar-refractivity contribution in [3.63, 3.8) is 0 Å². The lowest BCUT2D eigenvalue weighted by Crippen LogP contribution is -2.24. The lowest BCUT2D eigenvalue weighted by molar-refractivity contribution is -0.120. The van der Waals surface area contributed by atoms with Gasteiger partial charge >= 0.3 is 0 Å². The number of carbonyl (C=O) groups excluding carboxylic acids is 1. The summed E-state index contributed by atoms with van der Waals surface area (Å²) in [4.78, 5) is 16.5. The number of amides is 1. The van der Waals surface area contributed by atoms with Crippen LogP contribution in [0.15, 0.2) is 66.9 Å². The summed E-state index contributed by atoms with van der Waals surface area (Å²) < 4.78 is 5.66. The minimum Gasteiger partial charge on any atom is -0.439 e. The summed E-state index contributed by atoms with van der Waals surface area (Å²) in [6.07, 6.45) is 2.10. The summed E-state index contributed by atoms with van der Waals surface area (Å²) in [5.41, 5.74) is 4.29. The van der Waals surface area contributed by atoms with Crippen molar-refractivity contribution in [3.8, 4) is 11.6 Å². The Labute approximate surface area is 153 Å². The summed E-state index contributed by atoms with van der Waals surface area (Å²) in [6.45, 7) is 4.51. The molecule has 0 saturated heterocycles. The van der Waals surface area contributed by atoms with Crippen molar-refractivity contribution in [2.75, 3.05) is 0 Å². The number of para-hydroxylation sites is 1. The number of carbonyl (C=O) groups is 1.